The Balaban J connectivity index is 2.95. The number of phenols is 1. The first-order valence-corrected chi connectivity index (χ1v) is 5.32. The van der Waals surface area contributed by atoms with Gasteiger partial charge in [0.25, 0.3) is 0 Å². The van der Waals surface area contributed by atoms with E-state index in [1.807, 2.05) is 14.1 Å². The lowest BCUT2D eigenvalue weighted by molar-refractivity contribution is -0.153. The number of rotatable bonds is 4. The molecule has 0 saturated heterocycles. The van der Waals surface area contributed by atoms with Crippen molar-refractivity contribution in [3.63, 3.8) is 0 Å². The van der Waals surface area contributed by atoms with Gasteiger partial charge in [-0.3, -0.25) is 0 Å². The van der Waals surface area contributed by atoms with E-state index in [2.05, 4.69) is 4.74 Å². The predicted molar refractivity (Wildman–Crippen MR) is 64.0 cm³/mol. The van der Waals surface area contributed by atoms with Gasteiger partial charge in [0.2, 0.25) is 0 Å². The molecule has 1 rings (SSSR count). The van der Waals surface area contributed by atoms with Gasteiger partial charge in [-0.05, 0) is 13.0 Å². The van der Waals surface area contributed by atoms with Gasteiger partial charge in [0.1, 0.15) is 5.75 Å². The van der Waals surface area contributed by atoms with E-state index < -0.39 is 12.1 Å². The van der Waals surface area contributed by atoms with Crippen molar-refractivity contribution in [2.75, 3.05) is 25.6 Å². The smallest absolute Gasteiger partial charge is 0.339 e. The zero-order chi connectivity index (χ0) is 13.0. The average Bonchev–Trinajstić information content (AvgIpc) is 2.28. The van der Waals surface area contributed by atoms with Crippen molar-refractivity contribution < 1.29 is 19.7 Å². The van der Waals surface area contributed by atoms with E-state index >= 15 is 0 Å². The van der Waals surface area contributed by atoms with Crippen LogP contribution in [0.25, 0.3) is 0 Å². The lowest BCUT2D eigenvalue weighted by Gasteiger charge is -2.16. The van der Waals surface area contributed by atoms with Gasteiger partial charge in [-0.1, -0.05) is 6.07 Å². The molecule has 0 aliphatic carbocycles. The average molecular weight is 239 g/mol. The first kappa shape index (κ1) is 13.3. The summed E-state index contributed by atoms with van der Waals surface area (Å²) in [6, 6.07) is 4.70. The largest absolute Gasteiger partial charge is 0.507 e. The molecule has 5 heteroatoms. The number of phenolic OH excluding ortho intramolecular Hbond substituents is 1. The summed E-state index contributed by atoms with van der Waals surface area (Å²) >= 11 is 0. The summed E-state index contributed by atoms with van der Waals surface area (Å²) in [6.45, 7) is 1.84. The number of esters is 1. The minimum absolute atomic E-state index is 0.128. The highest BCUT2D eigenvalue weighted by Gasteiger charge is 2.22. The van der Waals surface area contributed by atoms with Crippen LogP contribution in [-0.2, 0) is 9.53 Å². The van der Waals surface area contributed by atoms with Crippen LogP contribution in [0.4, 0.5) is 5.69 Å². The van der Waals surface area contributed by atoms with E-state index in [0.717, 1.165) is 5.69 Å². The van der Waals surface area contributed by atoms with E-state index in [1.54, 1.807) is 17.9 Å². The third-order valence-corrected chi connectivity index (χ3v) is 2.33. The highest BCUT2D eigenvalue weighted by molar-refractivity contribution is 5.77. The van der Waals surface area contributed by atoms with Crippen LogP contribution in [0.5, 0.6) is 5.75 Å². The van der Waals surface area contributed by atoms with Gasteiger partial charge in [-0.2, -0.15) is 0 Å². The summed E-state index contributed by atoms with van der Waals surface area (Å²) in [5.74, 6) is -0.892. The number of benzene rings is 1. The first-order valence-electron chi connectivity index (χ1n) is 5.32. The number of ether oxygens (including phenoxy) is 1. The van der Waals surface area contributed by atoms with Gasteiger partial charge < -0.3 is 19.8 Å². The molecule has 0 amide bonds. The highest BCUT2D eigenvalue weighted by Crippen LogP contribution is 2.29. The van der Waals surface area contributed by atoms with E-state index in [0.29, 0.717) is 0 Å². The minimum atomic E-state index is -1.45. The number of aliphatic hydroxyl groups excluding tert-OH is 1. The molecular weight excluding hydrogens is 222 g/mol. The molecule has 1 atom stereocenters. The summed E-state index contributed by atoms with van der Waals surface area (Å²) in [6.07, 6.45) is -1.45. The zero-order valence-electron chi connectivity index (χ0n) is 10.2. The Labute approximate surface area is 100 Å². The first-order chi connectivity index (χ1) is 7.97. The summed E-state index contributed by atoms with van der Waals surface area (Å²) in [5.41, 5.74) is 0.927. The molecule has 94 valence electrons. The topological polar surface area (TPSA) is 70.0 Å². The third-order valence-electron chi connectivity index (χ3n) is 2.33. The molecule has 1 aromatic rings. The molecule has 0 aromatic heterocycles. The van der Waals surface area contributed by atoms with Gasteiger partial charge in [0.05, 0.1) is 6.61 Å². The molecule has 0 saturated carbocycles. The third kappa shape index (κ3) is 3.10. The molecule has 0 heterocycles. The van der Waals surface area contributed by atoms with Crippen LogP contribution in [0.2, 0.25) is 0 Å². The molecule has 0 aliphatic rings. The standard InChI is InChI=1S/C12H17NO4/c1-4-17-12(16)11(15)9-6-5-8(13(2)3)7-10(9)14/h5-7,11,14-15H,4H2,1-3H3. The fourth-order valence-electron chi connectivity index (χ4n) is 1.39. The van der Waals surface area contributed by atoms with Crippen LogP contribution >= 0.6 is 0 Å². The monoisotopic (exact) mass is 239 g/mol. The van der Waals surface area contributed by atoms with Crippen molar-refractivity contribution in [3.05, 3.63) is 23.8 Å². The van der Waals surface area contributed by atoms with Crippen LogP contribution < -0.4 is 4.90 Å². The molecule has 1 aromatic carbocycles. The number of hydrogen-bond acceptors (Lipinski definition) is 5. The van der Waals surface area contributed by atoms with Gasteiger partial charge in [0.15, 0.2) is 6.10 Å². The number of anilines is 1. The molecular formula is C12H17NO4. The number of carbonyl (C=O) groups excluding carboxylic acids is 1. The quantitative estimate of drug-likeness (QED) is 0.769. The molecule has 0 spiro atoms. The van der Waals surface area contributed by atoms with E-state index in [9.17, 15) is 15.0 Å². The van der Waals surface area contributed by atoms with Crippen molar-refractivity contribution >= 4 is 11.7 Å². The Kier molecular flexibility index (Phi) is 4.34. The normalized spacial score (nSPS) is 12.0. The van der Waals surface area contributed by atoms with Crippen molar-refractivity contribution in [1.82, 2.24) is 0 Å². The molecule has 5 nitrogen and oxygen atoms in total. The van der Waals surface area contributed by atoms with Crippen molar-refractivity contribution in [1.29, 1.82) is 0 Å². The number of hydrogen-bond donors (Lipinski definition) is 2. The molecule has 0 fully saturated rings. The number of aromatic hydroxyl groups is 1. The van der Waals surface area contributed by atoms with Gasteiger partial charge in [0, 0.05) is 31.4 Å². The van der Waals surface area contributed by atoms with Crippen molar-refractivity contribution in [3.8, 4) is 5.75 Å². The molecule has 1 unspecified atom stereocenters. The molecule has 2 N–H and O–H groups in total. The maximum Gasteiger partial charge on any atom is 0.339 e. The van der Waals surface area contributed by atoms with E-state index in [4.69, 9.17) is 0 Å². The minimum Gasteiger partial charge on any atom is -0.507 e. The van der Waals surface area contributed by atoms with Crippen LogP contribution in [0.1, 0.15) is 18.6 Å². The second-order valence-electron chi connectivity index (χ2n) is 3.79. The fraction of sp³-hybridized carbons (Fsp3) is 0.417. The lowest BCUT2D eigenvalue weighted by atomic mass is 10.1. The number of nitrogens with zero attached hydrogens (tertiary/aromatic N) is 1. The number of aliphatic hydroxyl groups is 1. The number of carbonyl (C=O) groups is 1. The van der Waals surface area contributed by atoms with E-state index in [1.165, 1.54) is 12.1 Å². The van der Waals surface area contributed by atoms with Crippen molar-refractivity contribution in [2.24, 2.45) is 0 Å². The van der Waals surface area contributed by atoms with Crippen LogP contribution in [-0.4, -0.2) is 36.9 Å². The van der Waals surface area contributed by atoms with Gasteiger partial charge >= 0.3 is 5.97 Å². The molecule has 0 bridgehead atoms. The lowest BCUT2D eigenvalue weighted by Crippen LogP contribution is -2.16. The van der Waals surface area contributed by atoms with Gasteiger partial charge in [-0.15, -0.1) is 0 Å². The zero-order valence-corrected chi connectivity index (χ0v) is 10.2. The maximum absolute atomic E-state index is 11.3. The summed E-state index contributed by atoms with van der Waals surface area (Å²) in [5, 5.41) is 19.4. The molecule has 0 aliphatic heterocycles. The SMILES string of the molecule is CCOC(=O)C(O)c1ccc(N(C)C)cc1O. The van der Waals surface area contributed by atoms with Gasteiger partial charge in [-0.25, -0.2) is 4.79 Å². The van der Waals surface area contributed by atoms with Crippen LogP contribution in [0, 0.1) is 0 Å². The van der Waals surface area contributed by atoms with Crippen molar-refractivity contribution in [2.45, 2.75) is 13.0 Å². The molecule has 17 heavy (non-hydrogen) atoms. The Morgan fingerprint density at radius 1 is 1.47 bits per heavy atom. The highest BCUT2D eigenvalue weighted by atomic mass is 16.5. The molecule has 0 radical (unpaired) electrons. The Bertz CT molecular complexity index is 403. The second kappa shape index (κ2) is 5.54. The van der Waals surface area contributed by atoms with E-state index in [-0.39, 0.29) is 17.9 Å². The Morgan fingerprint density at radius 2 is 2.12 bits per heavy atom. The Morgan fingerprint density at radius 3 is 2.59 bits per heavy atom. The van der Waals surface area contributed by atoms with Crippen LogP contribution in [0.15, 0.2) is 18.2 Å². The fourth-order valence-corrected chi connectivity index (χ4v) is 1.39. The summed E-state index contributed by atoms with van der Waals surface area (Å²) in [4.78, 5) is 13.1. The summed E-state index contributed by atoms with van der Waals surface area (Å²) in [7, 11) is 3.66. The van der Waals surface area contributed by atoms with Crippen LogP contribution in [0.3, 0.4) is 0 Å². The second-order valence-corrected chi connectivity index (χ2v) is 3.79. The summed E-state index contributed by atoms with van der Waals surface area (Å²) < 4.78 is 4.68. The Hall–Kier alpha value is -1.75. The maximum atomic E-state index is 11.3. The predicted octanol–water partition coefficient (Wildman–Crippen LogP) is 1.05.